The first-order valence-electron chi connectivity index (χ1n) is 9.75. The van der Waals surface area contributed by atoms with Crippen LogP contribution in [-0.2, 0) is 6.54 Å². The summed E-state index contributed by atoms with van der Waals surface area (Å²) in [6.45, 7) is 12.0. The van der Waals surface area contributed by atoms with E-state index in [-0.39, 0.29) is 12.1 Å². The first-order chi connectivity index (χ1) is 15.0. The van der Waals surface area contributed by atoms with Gasteiger partial charge in [0.2, 0.25) is 5.69 Å². The number of aromatic nitrogens is 2. The van der Waals surface area contributed by atoms with Crippen molar-refractivity contribution >= 4 is 27.7 Å². The number of allylic oxidation sites excluding steroid dienone is 1. The number of ether oxygens (including phenoxy) is 1. The van der Waals surface area contributed by atoms with Gasteiger partial charge in [0.25, 0.3) is 5.56 Å². The van der Waals surface area contributed by atoms with Gasteiger partial charge in [-0.15, -0.1) is 0 Å². The molecule has 158 valence electrons. The van der Waals surface area contributed by atoms with Crippen molar-refractivity contribution in [3.8, 4) is 5.75 Å². The zero-order valence-corrected chi connectivity index (χ0v) is 17.7. The zero-order chi connectivity index (χ0) is 22.5. The van der Waals surface area contributed by atoms with Crippen LogP contribution in [0.3, 0.4) is 0 Å². The smallest absolute Gasteiger partial charge is 0.272 e. The molecule has 0 aliphatic rings. The van der Waals surface area contributed by atoms with Crippen LogP contribution in [0.1, 0.15) is 29.3 Å². The number of aryl methyl sites for hydroxylation is 1. The first kappa shape index (κ1) is 21.7. The molecule has 3 aromatic rings. The Morgan fingerprint density at radius 3 is 2.77 bits per heavy atom. The lowest BCUT2D eigenvalue weighted by Crippen LogP contribution is -2.15. The number of hydrogen-bond acceptors (Lipinski definition) is 6. The van der Waals surface area contributed by atoms with Gasteiger partial charge in [0.05, 0.1) is 30.0 Å². The normalized spacial score (nSPS) is 12.1. The largest absolute Gasteiger partial charge is 0.505 e. The lowest BCUT2D eigenvalue weighted by Gasteiger charge is -2.16. The Morgan fingerprint density at radius 2 is 2.16 bits per heavy atom. The zero-order valence-electron chi connectivity index (χ0n) is 17.7. The summed E-state index contributed by atoms with van der Waals surface area (Å²) in [6, 6.07) is 9.08. The highest BCUT2D eigenvalue weighted by molar-refractivity contribution is 6.34. The quantitative estimate of drug-likeness (QED) is 0.421. The Labute approximate surface area is 180 Å². The summed E-state index contributed by atoms with van der Waals surface area (Å²) < 4.78 is 5.62. The molecule has 0 saturated carbocycles. The van der Waals surface area contributed by atoms with Crippen molar-refractivity contribution in [2.75, 3.05) is 13.7 Å². The van der Waals surface area contributed by atoms with Crippen molar-refractivity contribution in [1.82, 2.24) is 10.2 Å². The molecular weight excluding hydrogens is 392 g/mol. The molecule has 1 heterocycles. The standard InChI is InChI=1S/C23H24N6O2/c1-5-31-19-8-6-7-15(22(19)27-4)21(26-3)17(11-24)14-9-13(2)20-16(10-14)18(12-25)28-29-23(20)30/h6-11H,5,12,24-25H2,1-3H3,(H,29,30)/b17-11-,26-21?. The van der Waals surface area contributed by atoms with Gasteiger partial charge in [-0.1, -0.05) is 18.2 Å². The number of H-pyrrole nitrogens is 1. The topological polar surface area (TPSA) is 124 Å². The summed E-state index contributed by atoms with van der Waals surface area (Å²) in [6.07, 6.45) is 1.45. The molecule has 8 heteroatoms. The van der Waals surface area contributed by atoms with Crippen LogP contribution in [-0.4, -0.2) is 29.6 Å². The molecule has 31 heavy (non-hydrogen) atoms. The van der Waals surface area contributed by atoms with Crippen LogP contribution >= 0.6 is 0 Å². The third-order valence-electron chi connectivity index (χ3n) is 4.98. The van der Waals surface area contributed by atoms with E-state index in [9.17, 15) is 4.79 Å². The van der Waals surface area contributed by atoms with Gasteiger partial charge in [-0.05, 0) is 37.1 Å². The molecule has 0 aliphatic heterocycles. The van der Waals surface area contributed by atoms with Crippen LogP contribution in [0.25, 0.3) is 21.2 Å². The highest BCUT2D eigenvalue weighted by atomic mass is 16.5. The third kappa shape index (κ3) is 3.91. The summed E-state index contributed by atoms with van der Waals surface area (Å²) in [5, 5.41) is 7.76. The van der Waals surface area contributed by atoms with Gasteiger partial charge in [0.1, 0.15) is 5.75 Å². The van der Waals surface area contributed by atoms with E-state index >= 15 is 0 Å². The monoisotopic (exact) mass is 416 g/mol. The minimum Gasteiger partial charge on any atom is -0.505 e. The van der Waals surface area contributed by atoms with Gasteiger partial charge in [-0.2, -0.15) is 5.10 Å². The van der Waals surface area contributed by atoms with E-state index in [1.807, 2.05) is 38.1 Å². The number of nitrogens with two attached hydrogens (primary N) is 2. The number of benzene rings is 2. The maximum Gasteiger partial charge on any atom is 0.272 e. The van der Waals surface area contributed by atoms with Crippen molar-refractivity contribution in [2.45, 2.75) is 20.4 Å². The second-order valence-electron chi connectivity index (χ2n) is 6.77. The van der Waals surface area contributed by atoms with Crippen LogP contribution < -0.4 is 21.8 Å². The Balaban J connectivity index is 2.26. The van der Waals surface area contributed by atoms with Gasteiger partial charge in [-0.25, -0.2) is 9.94 Å². The number of nitrogens with one attached hydrogen (secondary N) is 1. The van der Waals surface area contributed by atoms with Crippen LogP contribution in [0.15, 0.2) is 46.3 Å². The summed E-state index contributed by atoms with van der Waals surface area (Å²) in [5.74, 6) is 0.489. The van der Waals surface area contributed by atoms with Gasteiger partial charge in [0.15, 0.2) is 0 Å². The predicted octanol–water partition coefficient (Wildman–Crippen LogP) is 3.06. The fraction of sp³-hybridized carbons (Fsp3) is 0.217. The van der Waals surface area contributed by atoms with Gasteiger partial charge in [-0.3, -0.25) is 9.79 Å². The van der Waals surface area contributed by atoms with E-state index in [1.54, 1.807) is 13.1 Å². The van der Waals surface area contributed by atoms with Crippen molar-refractivity contribution < 1.29 is 4.74 Å². The highest BCUT2D eigenvalue weighted by Crippen LogP contribution is 2.35. The van der Waals surface area contributed by atoms with Gasteiger partial charge >= 0.3 is 0 Å². The summed E-state index contributed by atoms with van der Waals surface area (Å²) in [7, 11) is 1.64. The van der Waals surface area contributed by atoms with Gasteiger partial charge < -0.3 is 16.2 Å². The fourth-order valence-electron chi connectivity index (χ4n) is 3.66. The van der Waals surface area contributed by atoms with E-state index in [0.717, 1.165) is 11.1 Å². The number of para-hydroxylation sites is 1. The van der Waals surface area contributed by atoms with E-state index < -0.39 is 0 Å². The fourth-order valence-corrected chi connectivity index (χ4v) is 3.66. The van der Waals surface area contributed by atoms with Crippen LogP contribution in [0.5, 0.6) is 5.75 Å². The molecule has 3 rings (SSSR count). The average molecular weight is 416 g/mol. The second-order valence-corrected chi connectivity index (χ2v) is 6.77. The molecular formula is C23H24N6O2. The van der Waals surface area contributed by atoms with Crippen LogP contribution in [0.4, 0.5) is 5.69 Å². The van der Waals surface area contributed by atoms with Crippen molar-refractivity contribution in [1.29, 1.82) is 0 Å². The number of fused-ring (bicyclic) bond motifs is 1. The molecule has 0 saturated heterocycles. The SMILES string of the molecule is [C-]#[N+]c1c(OCC)cccc1C(=NC)/C(=C\N)c1cc(C)c2c(=O)[nH]nc(CN)c2c1. The molecule has 0 atom stereocenters. The van der Waals surface area contributed by atoms with Crippen molar-refractivity contribution in [3.63, 3.8) is 0 Å². The molecule has 1 aromatic heterocycles. The lowest BCUT2D eigenvalue weighted by molar-refractivity contribution is 0.342. The Bertz CT molecular complexity index is 1300. The minimum absolute atomic E-state index is 0.171. The Morgan fingerprint density at radius 1 is 1.39 bits per heavy atom. The maximum atomic E-state index is 12.3. The molecule has 0 radical (unpaired) electrons. The van der Waals surface area contributed by atoms with Crippen molar-refractivity contribution in [2.24, 2.45) is 16.5 Å². The molecule has 0 spiro atoms. The number of rotatable bonds is 6. The Kier molecular flexibility index (Phi) is 6.48. The molecule has 2 aromatic carbocycles. The van der Waals surface area contributed by atoms with Crippen LogP contribution in [0.2, 0.25) is 0 Å². The first-order valence-corrected chi connectivity index (χ1v) is 9.75. The number of aromatic amines is 1. The molecule has 8 nitrogen and oxygen atoms in total. The molecule has 0 bridgehead atoms. The predicted molar refractivity (Wildman–Crippen MR) is 123 cm³/mol. The second kappa shape index (κ2) is 9.24. The number of aliphatic imine (C=N–C) groups is 1. The number of nitrogens with zero attached hydrogens (tertiary/aromatic N) is 3. The third-order valence-corrected chi connectivity index (χ3v) is 4.98. The molecule has 0 fully saturated rings. The summed E-state index contributed by atoms with van der Waals surface area (Å²) in [5.41, 5.74) is 15.8. The van der Waals surface area contributed by atoms with E-state index in [4.69, 9.17) is 22.8 Å². The lowest BCUT2D eigenvalue weighted by atomic mass is 9.92. The molecule has 5 N–H and O–H groups in total. The Hall–Kier alpha value is -3.96. The van der Waals surface area contributed by atoms with E-state index in [0.29, 0.717) is 51.4 Å². The number of hydrogen-bond donors (Lipinski definition) is 3. The van der Waals surface area contributed by atoms with Crippen LogP contribution in [0, 0.1) is 13.5 Å². The maximum absolute atomic E-state index is 12.3. The molecule has 0 aliphatic carbocycles. The highest BCUT2D eigenvalue weighted by Gasteiger charge is 2.20. The van der Waals surface area contributed by atoms with E-state index in [2.05, 4.69) is 20.0 Å². The average Bonchev–Trinajstić information content (AvgIpc) is 2.77. The van der Waals surface area contributed by atoms with E-state index in [1.165, 1.54) is 6.20 Å². The summed E-state index contributed by atoms with van der Waals surface area (Å²) in [4.78, 5) is 20.5. The molecule has 0 amide bonds. The summed E-state index contributed by atoms with van der Waals surface area (Å²) >= 11 is 0. The van der Waals surface area contributed by atoms with Crippen molar-refractivity contribution in [3.05, 3.63) is 80.7 Å². The minimum atomic E-state index is -0.279. The van der Waals surface area contributed by atoms with Gasteiger partial charge in [0, 0.05) is 36.3 Å². The molecule has 0 unspecified atom stereocenters.